The molecule has 0 aromatic carbocycles. The van der Waals surface area contributed by atoms with Crippen LogP contribution in [0.3, 0.4) is 0 Å². The molecule has 1 amide bonds. The number of H-pyrrole nitrogens is 1. The van der Waals surface area contributed by atoms with Gasteiger partial charge in [0.05, 0.1) is 11.9 Å². The lowest BCUT2D eigenvalue weighted by Gasteiger charge is -2.27. The minimum absolute atomic E-state index is 0.160. The predicted molar refractivity (Wildman–Crippen MR) is 108 cm³/mol. The lowest BCUT2D eigenvalue weighted by atomic mass is 9.93. The summed E-state index contributed by atoms with van der Waals surface area (Å²) in [7, 11) is 3.45. The molecule has 0 radical (unpaired) electrons. The molecular weight excluding hydrogens is 354 g/mol. The van der Waals surface area contributed by atoms with Crippen molar-refractivity contribution in [3.05, 3.63) is 34.5 Å². The number of carbonyl (C=O) groups is 1. The number of rotatable bonds is 4. The Morgan fingerprint density at radius 3 is 2.89 bits per heavy atom. The third kappa shape index (κ3) is 3.48. The molecule has 1 unspecified atom stereocenters. The van der Waals surface area contributed by atoms with E-state index in [-0.39, 0.29) is 11.7 Å². The average Bonchev–Trinajstić information content (AvgIpc) is 3.33. The quantitative estimate of drug-likeness (QED) is 0.836. The third-order valence-electron chi connectivity index (χ3n) is 5.92. The van der Waals surface area contributed by atoms with Gasteiger partial charge in [0.1, 0.15) is 5.82 Å². The monoisotopic (exact) mass is 383 g/mol. The summed E-state index contributed by atoms with van der Waals surface area (Å²) in [6.07, 6.45) is 6.46. The summed E-state index contributed by atoms with van der Waals surface area (Å²) in [5.74, 6) is 0.994. The molecule has 2 aromatic heterocycles. The molecule has 2 aromatic rings. The van der Waals surface area contributed by atoms with Crippen LogP contribution in [0.2, 0.25) is 0 Å². The second-order valence-corrected chi connectivity index (χ2v) is 8.13. The van der Waals surface area contributed by atoms with Crippen LogP contribution in [0, 0.1) is 13.8 Å². The zero-order valence-electron chi connectivity index (χ0n) is 17.1. The van der Waals surface area contributed by atoms with Crippen molar-refractivity contribution in [2.24, 2.45) is 0 Å². The normalized spacial score (nSPS) is 21.6. The van der Waals surface area contributed by atoms with E-state index < -0.39 is 0 Å². The van der Waals surface area contributed by atoms with Crippen LogP contribution in [0.4, 0.5) is 5.82 Å². The average molecular weight is 384 g/mol. The van der Waals surface area contributed by atoms with Crippen molar-refractivity contribution < 1.29 is 4.79 Å². The molecule has 2 N–H and O–H groups in total. The summed E-state index contributed by atoms with van der Waals surface area (Å²) in [6.45, 7) is 5.79. The largest absolute Gasteiger partial charge is 0.355 e. The Balaban J connectivity index is 1.50. The van der Waals surface area contributed by atoms with Crippen molar-refractivity contribution in [3.8, 4) is 0 Å². The van der Waals surface area contributed by atoms with E-state index in [0.29, 0.717) is 12.1 Å². The molecule has 1 saturated heterocycles. The van der Waals surface area contributed by atoms with Gasteiger partial charge in [0.25, 0.3) is 5.91 Å². The van der Waals surface area contributed by atoms with Crippen LogP contribution < -0.4 is 10.2 Å². The first-order valence-corrected chi connectivity index (χ1v) is 10.0. The van der Waals surface area contributed by atoms with Gasteiger partial charge < -0.3 is 15.1 Å². The van der Waals surface area contributed by atoms with E-state index in [1.165, 1.54) is 22.6 Å². The minimum Gasteiger partial charge on any atom is -0.355 e. The van der Waals surface area contributed by atoms with Crippen molar-refractivity contribution in [3.63, 3.8) is 0 Å². The maximum Gasteiger partial charge on any atom is 0.291 e. The van der Waals surface area contributed by atoms with Gasteiger partial charge in [-0.25, -0.2) is 9.97 Å². The summed E-state index contributed by atoms with van der Waals surface area (Å²) in [6, 6.07) is 0.734. The van der Waals surface area contributed by atoms with Gasteiger partial charge in [-0.3, -0.25) is 9.89 Å². The number of aromatic amines is 1. The van der Waals surface area contributed by atoms with Gasteiger partial charge in [-0.05, 0) is 45.1 Å². The molecule has 4 rings (SSSR count). The SMILES string of the molecule is Cc1nc(C(=O)N(C)C)nc(N2CC[C@@H](NC3CCCc4cn[nH]c43)C2)c1C. The van der Waals surface area contributed by atoms with Crippen LogP contribution >= 0.6 is 0 Å². The maximum atomic E-state index is 12.4. The number of anilines is 1. The number of hydrogen-bond acceptors (Lipinski definition) is 6. The molecule has 2 atom stereocenters. The summed E-state index contributed by atoms with van der Waals surface area (Å²) in [5.41, 5.74) is 4.50. The molecule has 0 saturated carbocycles. The fourth-order valence-corrected chi connectivity index (χ4v) is 4.22. The summed E-state index contributed by atoms with van der Waals surface area (Å²) >= 11 is 0. The number of aryl methyl sites for hydroxylation is 2. The van der Waals surface area contributed by atoms with Crippen molar-refractivity contribution >= 4 is 11.7 Å². The maximum absolute atomic E-state index is 12.4. The Labute approximate surface area is 165 Å². The first-order chi connectivity index (χ1) is 13.4. The zero-order valence-corrected chi connectivity index (χ0v) is 17.1. The lowest BCUT2D eigenvalue weighted by Crippen LogP contribution is -2.37. The summed E-state index contributed by atoms with van der Waals surface area (Å²) < 4.78 is 0. The number of hydrogen-bond donors (Lipinski definition) is 2. The molecule has 1 fully saturated rings. The van der Waals surface area contributed by atoms with Crippen molar-refractivity contribution in [1.29, 1.82) is 0 Å². The van der Waals surface area contributed by atoms with E-state index in [1.54, 1.807) is 14.1 Å². The molecule has 3 heterocycles. The second kappa shape index (κ2) is 7.50. The number of nitrogens with one attached hydrogen (secondary N) is 2. The van der Waals surface area contributed by atoms with Crippen LogP contribution in [-0.2, 0) is 6.42 Å². The molecule has 0 spiro atoms. The highest BCUT2D eigenvalue weighted by molar-refractivity contribution is 5.90. The number of carbonyl (C=O) groups excluding carboxylic acids is 1. The third-order valence-corrected chi connectivity index (χ3v) is 5.92. The Morgan fingerprint density at radius 2 is 2.11 bits per heavy atom. The van der Waals surface area contributed by atoms with Crippen LogP contribution in [0.1, 0.15) is 58.4 Å². The van der Waals surface area contributed by atoms with E-state index in [4.69, 9.17) is 0 Å². The van der Waals surface area contributed by atoms with Crippen LogP contribution in [-0.4, -0.2) is 64.2 Å². The standard InChI is InChI=1S/C20H29N7O/c1-12-13(2)22-18(20(28)26(3)4)24-19(12)27-9-8-15(11-27)23-16-7-5-6-14-10-21-25-17(14)16/h10,15-16,23H,5-9,11H2,1-4H3,(H,21,25)/t15-,16?/m1/s1. The lowest BCUT2D eigenvalue weighted by molar-refractivity contribution is 0.0815. The van der Waals surface area contributed by atoms with E-state index in [9.17, 15) is 4.79 Å². The molecule has 8 heteroatoms. The molecular formula is C20H29N7O. The van der Waals surface area contributed by atoms with Crippen LogP contribution in [0.25, 0.3) is 0 Å². The van der Waals surface area contributed by atoms with Crippen molar-refractivity contribution in [1.82, 2.24) is 30.4 Å². The van der Waals surface area contributed by atoms with Crippen LogP contribution in [0.5, 0.6) is 0 Å². The summed E-state index contributed by atoms with van der Waals surface area (Å²) in [4.78, 5) is 25.2. The Bertz CT molecular complexity index is 875. The van der Waals surface area contributed by atoms with Gasteiger partial charge in [-0.15, -0.1) is 0 Å². The zero-order chi connectivity index (χ0) is 19.8. The van der Waals surface area contributed by atoms with Crippen molar-refractivity contribution in [2.75, 3.05) is 32.1 Å². The Morgan fingerprint density at radius 1 is 1.29 bits per heavy atom. The fraction of sp³-hybridized carbons (Fsp3) is 0.600. The van der Waals surface area contributed by atoms with Gasteiger partial charge in [-0.2, -0.15) is 5.10 Å². The molecule has 0 bridgehead atoms. The highest BCUT2D eigenvalue weighted by atomic mass is 16.2. The molecule has 1 aliphatic heterocycles. The van der Waals surface area contributed by atoms with E-state index in [2.05, 4.69) is 30.4 Å². The molecule has 28 heavy (non-hydrogen) atoms. The van der Waals surface area contributed by atoms with E-state index >= 15 is 0 Å². The predicted octanol–water partition coefficient (Wildman–Crippen LogP) is 1.76. The molecule has 150 valence electrons. The number of amides is 1. The molecule has 1 aliphatic carbocycles. The smallest absolute Gasteiger partial charge is 0.291 e. The highest BCUT2D eigenvalue weighted by Gasteiger charge is 2.30. The van der Waals surface area contributed by atoms with Gasteiger partial charge in [0.2, 0.25) is 5.82 Å². The van der Waals surface area contributed by atoms with Gasteiger partial charge in [0, 0.05) is 50.5 Å². The van der Waals surface area contributed by atoms with Crippen LogP contribution in [0.15, 0.2) is 6.20 Å². The first-order valence-electron chi connectivity index (χ1n) is 10.0. The van der Waals surface area contributed by atoms with Gasteiger partial charge >= 0.3 is 0 Å². The fourth-order valence-electron chi connectivity index (χ4n) is 4.22. The minimum atomic E-state index is -0.160. The number of aromatic nitrogens is 4. The van der Waals surface area contributed by atoms with Crippen molar-refractivity contribution in [2.45, 2.75) is 51.6 Å². The van der Waals surface area contributed by atoms with Gasteiger partial charge in [-0.1, -0.05) is 0 Å². The Kier molecular flexibility index (Phi) is 5.05. The van der Waals surface area contributed by atoms with E-state index in [0.717, 1.165) is 49.4 Å². The number of fused-ring (bicyclic) bond motifs is 1. The first kappa shape index (κ1) is 18.9. The summed E-state index contributed by atoms with van der Waals surface area (Å²) in [5, 5.41) is 11.2. The highest BCUT2D eigenvalue weighted by Crippen LogP contribution is 2.30. The van der Waals surface area contributed by atoms with E-state index in [1.807, 2.05) is 20.0 Å². The topological polar surface area (TPSA) is 90.0 Å². The second-order valence-electron chi connectivity index (χ2n) is 8.13. The number of nitrogens with zero attached hydrogens (tertiary/aromatic N) is 5. The molecule has 2 aliphatic rings. The molecule has 8 nitrogen and oxygen atoms in total. The Hall–Kier alpha value is -2.48. The van der Waals surface area contributed by atoms with Gasteiger partial charge in [0.15, 0.2) is 0 Å².